The fraction of sp³-hybridized carbons (Fsp3) is 0.615. The second-order valence-electron chi connectivity index (χ2n) is 4.60. The number of carbonyl (C=O) groups excluding carboxylic acids is 2. The van der Waals surface area contributed by atoms with E-state index in [4.69, 9.17) is 4.74 Å². The Morgan fingerprint density at radius 3 is 2.95 bits per heavy atom. The molecule has 1 fully saturated rings. The quantitative estimate of drug-likeness (QED) is 0.762. The van der Waals surface area contributed by atoms with Gasteiger partial charge < -0.3 is 9.64 Å². The molecule has 2 rings (SSSR count). The first-order valence-electron chi connectivity index (χ1n) is 6.61. The number of likely N-dealkylation sites (tertiary alicyclic amines) is 1. The van der Waals surface area contributed by atoms with Gasteiger partial charge in [-0.2, -0.15) is 5.10 Å². The van der Waals surface area contributed by atoms with Crippen LogP contribution in [0, 0.1) is 0 Å². The van der Waals surface area contributed by atoms with Gasteiger partial charge in [-0.25, -0.2) is 4.79 Å². The van der Waals surface area contributed by atoms with Gasteiger partial charge in [-0.05, 0) is 32.8 Å². The topological polar surface area (TPSA) is 64.4 Å². The fourth-order valence-electron chi connectivity index (χ4n) is 2.38. The van der Waals surface area contributed by atoms with Crippen molar-refractivity contribution < 1.29 is 14.3 Å². The Balaban J connectivity index is 2.07. The Morgan fingerprint density at radius 1 is 1.53 bits per heavy atom. The molecule has 2 atom stereocenters. The summed E-state index contributed by atoms with van der Waals surface area (Å²) in [6.07, 6.45) is 4.89. The van der Waals surface area contributed by atoms with Crippen LogP contribution in [0.25, 0.3) is 0 Å². The normalized spacial score (nSPS) is 20.3. The standard InChI is InChI=1S/C13H19N3O3/c1-3-19-13(18)11-6-4-8-15(11)12(17)10(2)16-9-5-7-14-16/h5,7,9-11H,3-4,6,8H2,1-2H3. The van der Waals surface area contributed by atoms with Crippen LogP contribution in [0.3, 0.4) is 0 Å². The monoisotopic (exact) mass is 265 g/mol. The Labute approximate surface area is 112 Å². The molecular formula is C13H19N3O3. The van der Waals surface area contributed by atoms with Crippen molar-refractivity contribution in [3.8, 4) is 0 Å². The molecule has 0 spiro atoms. The Morgan fingerprint density at radius 2 is 2.32 bits per heavy atom. The molecule has 1 saturated heterocycles. The highest BCUT2D eigenvalue weighted by Crippen LogP contribution is 2.22. The third kappa shape index (κ3) is 2.77. The average molecular weight is 265 g/mol. The molecule has 104 valence electrons. The summed E-state index contributed by atoms with van der Waals surface area (Å²) in [7, 11) is 0. The summed E-state index contributed by atoms with van der Waals surface area (Å²) in [5.74, 6) is -0.389. The molecular weight excluding hydrogens is 246 g/mol. The molecule has 0 saturated carbocycles. The summed E-state index contributed by atoms with van der Waals surface area (Å²) >= 11 is 0. The Kier molecular flexibility index (Phi) is 4.19. The first-order chi connectivity index (χ1) is 9.15. The van der Waals surface area contributed by atoms with E-state index >= 15 is 0 Å². The summed E-state index contributed by atoms with van der Waals surface area (Å²) in [6, 6.07) is 0.937. The zero-order valence-corrected chi connectivity index (χ0v) is 11.3. The van der Waals surface area contributed by atoms with Gasteiger partial charge in [-0.15, -0.1) is 0 Å². The van der Waals surface area contributed by atoms with E-state index in [1.165, 1.54) is 0 Å². The van der Waals surface area contributed by atoms with Crippen molar-refractivity contribution in [1.29, 1.82) is 0 Å². The second-order valence-corrected chi connectivity index (χ2v) is 4.60. The number of aromatic nitrogens is 2. The average Bonchev–Trinajstić information content (AvgIpc) is 3.08. The van der Waals surface area contributed by atoms with E-state index in [-0.39, 0.29) is 11.9 Å². The van der Waals surface area contributed by atoms with E-state index in [9.17, 15) is 9.59 Å². The van der Waals surface area contributed by atoms with Crippen LogP contribution in [0.1, 0.15) is 32.7 Å². The molecule has 19 heavy (non-hydrogen) atoms. The maximum atomic E-state index is 12.4. The lowest BCUT2D eigenvalue weighted by atomic mass is 10.2. The maximum absolute atomic E-state index is 12.4. The first-order valence-corrected chi connectivity index (χ1v) is 6.61. The summed E-state index contributed by atoms with van der Waals surface area (Å²) in [5.41, 5.74) is 0. The predicted molar refractivity (Wildman–Crippen MR) is 68.3 cm³/mol. The summed E-state index contributed by atoms with van der Waals surface area (Å²) in [4.78, 5) is 25.9. The molecule has 0 aliphatic carbocycles. The van der Waals surface area contributed by atoms with Crippen LogP contribution in [0.15, 0.2) is 18.5 Å². The number of rotatable bonds is 4. The van der Waals surface area contributed by atoms with Gasteiger partial charge in [0, 0.05) is 18.9 Å². The van der Waals surface area contributed by atoms with Gasteiger partial charge in [0.25, 0.3) is 0 Å². The van der Waals surface area contributed by atoms with E-state index < -0.39 is 12.1 Å². The van der Waals surface area contributed by atoms with Crippen molar-refractivity contribution >= 4 is 11.9 Å². The van der Waals surface area contributed by atoms with Crippen molar-refractivity contribution in [1.82, 2.24) is 14.7 Å². The van der Waals surface area contributed by atoms with Gasteiger partial charge in [0.05, 0.1) is 6.61 Å². The van der Waals surface area contributed by atoms with Crippen molar-refractivity contribution in [3.05, 3.63) is 18.5 Å². The van der Waals surface area contributed by atoms with Gasteiger partial charge in [-0.1, -0.05) is 0 Å². The van der Waals surface area contributed by atoms with Crippen molar-refractivity contribution in [3.63, 3.8) is 0 Å². The minimum Gasteiger partial charge on any atom is -0.464 e. The highest BCUT2D eigenvalue weighted by molar-refractivity contribution is 5.87. The SMILES string of the molecule is CCOC(=O)C1CCCN1C(=O)C(C)n1cccn1. The minimum absolute atomic E-state index is 0.0840. The van der Waals surface area contributed by atoms with Crippen molar-refractivity contribution in [2.75, 3.05) is 13.2 Å². The fourth-order valence-corrected chi connectivity index (χ4v) is 2.38. The number of ether oxygens (including phenoxy) is 1. The van der Waals surface area contributed by atoms with Crippen LogP contribution in [0.2, 0.25) is 0 Å². The van der Waals surface area contributed by atoms with E-state index in [1.807, 2.05) is 0 Å². The van der Waals surface area contributed by atoms with Crippen LogP contribution in [0.5, 0.6) is 0 Å². The lowest BCUT2D eigenvalue weighted by molar-refractivity contribution is -0.154. The number of amides is 1. The number of hydrogen-bond donors (Lipinski definition) is 0. The van der Waals surface area contributed by atoms with Gasteiger partial charge >= 0.3 is 5.97 Å². The number of carbonyl (C=O) groups is 2. The smallest absolute Gasteiger partial charge is 0.328 e. The largest absolute Gasteiger partial charge is 0.464 e. The zero-order chi connectivity index (χ0) is 13.8. The number of esters is 1. The molecule has 6 heteroatoms. The van der Waals surface area contributed by atoms with Crippen molar-refractivity contribution in [2.45, 2.75) is 38.8 Å². The predicted octanol–water partition coefficient (Wildman–Crippen LogP) is 0.998. The molecule has 6 nitrogen and oxygen atoms in total. The first kappa shape index (κ1) is 13.6. The van der Waals surface area contributed by atoms with E-state index in [1.54, 1.807) is 41.9 Å². The van der Waals surface area contributed by atoms with Gasteiger partial charge in [0.2, 0.25) is 5.91 Å². The third-order valence-corrected chi connectivity index (χ3v) is 3.37. The van der Waals surface area contributed by atoms with Crippen LogP contribution < -0.4 is 0 Å². The minimum atomic E-state index is -0.439. The molecule has 0 N–H and O–H groups in total. The number of nitrogens with zero attached hydrogens (tertiary/aromatic N) is 3. The third-order valence-electron chi connectivity index (χ3n) is 3.37. The molecule has 1 aromatic heterocycles. The number of hydrogen-bond acceptors (Lipinski definition) is 4. The highest BCUT2D eigenvalue weighted by Gasteiger charge is 2.37. The highest BCUT2D eigenvalue weighted by atomic mass is 16.5. The van der Waals surface area contributed by atoms with Crippen LogP contribution >= 0.6 is 0 Å². The second kappa shape index (κ2) is 5.86. The Bertz CT molecular complexity index is 444. The summed E-state index contributed by atoms with van der Waals surface area (Å²) in [5, 5.41) is 4.07. The molecule has 0 radical (unpaired) electrons. The zero-order valence-electron chi connectivity index (χ0n) is 11.3. The molecule has 1 aliphatic heterocycles. The molecule has 2 heterocycles. The summed E-state index contributed by atoms with van der Waals surface area (Å²) in [6.45, 7) is 4.50. The molecule has 0 aromatic carbocycles. The van der Waals surface area contributed by atoms with E-state index in [2.05, 4.69) is 5.10 Å². The molecule has 0 bridgehead atoms. The van der Waals surface area contributed by atoms with Crippen LogP contribution in [0.4, 0.5) is 0 Å². The van der Waals surface area contributed by atoms with Crippen LogP contribution in [-0.2, 0) is 14.3 Å². The molecule has 1 amide bonds. The lowest BCUT2D eigenvalue weighted by Gasteiger charge is -2.26. The van der Waals surface area contributed by atoms with Gasteiger partial charge in [-0.3, -0.25) is 9.48 Å². The lowest BCUT2D eigenvalue weighted by Crippen LogP contribution is -2.44. The Hall–Kier alpha value is -1.85. The molecule has 2 unspecified atom stereocenters. The maximum Gasteiger partial charge on any atom is 0.328 e. The van der Waals surface area contributed by atoms with Crippen molar-refractivity contribution in [2.24, 2.45) is 0 Å². The summed E-state index contributed by atoms with van der Waals surface area (Å²) < 4.78 is 6.62. The van der Waals surface area contributed by atoms with Crippen LogP contribution in [-0.4, -0.2) is 45.8 Å². The molecule has 1 aromatic rings. The molecule has 1 aliphatic rings. The van der Waals surface area contributed by atoms with Gasteiger partial charge in [0.1, 0.15) is 12.1 Å². The van der Waals surface area contributed by atoms with Gasteiger partial charge in [0.15, 0.2) is 0 Å². The van der Waals surface area contributed by atoms with E-state index in [0.29, 0.717) is 19.6 Å². The van der Waals surface area contributed by atoms with E-state index in [0.717, 1.165) is 6.42 Å².